The second kappa shape index (κ2) is 14.0. The van der Waals surface area contributed by atoms with Crippen LogP contribution in [0.15, 0.2) is 24.3 Å². The SMILES string of the molecule is CCCCCCCCCCCCCC(=O)OCc1ccc(F)cc1. The van der Waals surface area contributed by atoms with E-state index in [1.165, 1.54) is 69.9 Å². The van der Waals surface area contributed by atoms with Crippen LogP contribution >= 0.6 is 0 Å². The van der Waals surface area contributed by atoms with Crippen LogP contribution in [-0.4, -0.2) is 5.97 Å². The highest BCUT2D eigenvalue weighted by atomic mass is 19.1. The number of unbranched alkanes of at least 4 members (excludes halogenated alkanes) is 10. The number of carbonyl (C=O) groups excluding carboxylic acids is 1. The van der Waals surface area contributed by atoms with Gasteiger partial charge in [-0.25, -0.2) is 4.39 Å². The monoisotopic (exact) mass is 336 g/mol. The number of esters is 1. The number of hydrogen-bond acceptors (Lipinski definition) is 2. The van der Waals surface area contributed by atoms with Gasteiger partial charge in [0, 0.05) is 6.42 Å². The van der Waals surface area contributed by atoms with Gasteiger partial charge >= 0.3 is 5.97 Å². The van der Waals surface area contributed by atoms with Crippen molar-refractivity contribution in [2.75, 3.05) is 0 Å². The van der Waals surface area contributed by atoms with Gasteiger partial charge in [0.2, 0.25) is 0 Å². The second-order valence-corrected chi connectivity index (χ2v) is 6.57. The van der Waals surface area contributed by atoms with E-state index in [9.17, 15) is 9.18 Å². The minimum absolute atomic E-state index is 0.157. The fourth-order valence-electron chi connectivity index (χ4n) is 2.75. The molecule has 0 amide bonds. The molecule has 1 rings (SSSR count). The molecule has 0 aromatic heterocycles. The van der Waals surface area contributed by atoms with Crippen molar-refractivity contribution >= 4 is 5.97 Å². The molecule has 0 aliphatic rings. The Morgan fingerprint density at radius 3 is 1.88 bits per heavy atom. The summed E-state index contributed by atoms with van der Waals surface area (Å²) in [6.45, 7) is 2.48. The molecule has 0 aliphatic heterocycles. The zero-order chi connectivity index (χ0) is 17.5. The highest BCUT2D eigenvalue weighted by molar-refractivity contribution is 5.69. The quantitative estimate of drug-likeness (QED) is 0.284. The van der Waals surface area contributed by atoms with Crippen LogP contribution in [-0.2, 0) is 16.1 Å². The molecule has 0 heterocycles. The number of ether oxygens (including phenoxy) is 1. The van der Waals surface area contributed by atoms with Gasteiger partial charge in [-0.05, 0) is 24.1 Å². The number of benzene rings is 1. The van der Waals surface area contributed by atoms with E-state index >= 15 is 0 Å². The summed E-state index contributed by atoms with van der Waals surface area (Å²) in [5.41, 5.74) is 0.823. The predicted molar refractivity (Wildman–Crippen MR) is 97.3 cm³/mol. The highest BCUT2D eigenvalue weighted by Gasteiger charge is 2.03. The minimum atomic E-state index is -0.272. The normalized spacial score (nSPS) is 10.8. The van der Waals surface area contributed by atoms with Gasteiger partial charge in [0.25, 0.3) is 0 Å². The fraction of sp³-hybridized carbons (Fsp3) is 0.667. The van der Waals surface area contributed by atoms with E-state index in [1.54, 1.807) is 12.1 Å². The van der Waals surface area contributed by atoms with Gasteiger partial charge in [-0.3, -0.25) is 4.79 Å². The van der Waals surface area contributed by atoms with Crippen LogP contribution in [0.3, 0.4) is 0 Å². The van der Waals surface area contributed by atoms with Crippen molar-refractivity contribution in [2.24, 2.45) is 0 Å². The van der Waals surface area contributed by atoms with Crippen LogP contribution in [0, 0.1) is 5.82 Å². The Kier molecular flexibility index (Phi) is 12.1. The lowest BCUT2D eigenvalue weighted by Gasteiger charge is -2.05. The smallest absolute Gasteiger partial charge is 0.306 e. The maximum Gasteiger partial charge on any atom is 0.306 e. The lowest BCUT2D eigenvalue weighted by Crippen LogP contribution is -2.04. The molecule has 0 saturated carbocycles. The number of halogens is 1. The second-order valence-electron chi connectivity index (χ2n) is 6.57. The van der Waals surface area contributed by atoms with Crippen molar-refractivity contribution in [1.82, 2.24) is 0 Å². The molecule has 0 N–H and O–H groups in total. The summed E-state index contributed by atoms with van der Waals surface area (Å²) in [7, 11) is 0. The lowest BCUT2D eigenvalue weighted by atomic mass is 10.1. The molecule has 136 valence electrons. The molecule has 2 nitrogen and oxygen atoms in total. The van der Waals surface area contributed by atoms with Crippen molar-refractivity contribution in [1.29, 1.82) is 0 Å². The minimum Gasteiger partial charge on any atom is -0.461 e. The fourth-order valence-corrected chi connectivity index (χ4v) is 2.75. The van der Waals surface area contributed by atoms with Crippen molar-refractivity contribution in [3.63, 3.8) is 0 Å². The van der Waals surface area contributed by atoms with E-state index in [0.29, 0.717) is 6.42 Å². The Bertz CT molecular complexity index is 428. The first-order valence-corrected chi connectivity index (χ1v) is 9.62. The molecule has 0 aliphatic carbocycles. The molecule has 0 bridgehead atoms. The average Bonchev–Trinajstić information content (AvgIpc) is 2.59. The molecule has 24 heavy (non-hydrogen) atoms. The molecular weight excluding hydrogens is 303 g/mol. The van der Waals surface area contributed by atoms with Crippen molar-refractivity contribution < 1.29 is 13.9 Å². The molecule has 3 heteroatoms. The molecule has 0 atom stereocenters. The maximum absolute atomic E-state index is 12.8. The summed E-state index contributed by atoms with van der Waals surface area (Å²) in [4.78, 5) is 11.6. The summed E-state index contributed by atoms with van der Waals surface area (Å²) in [5, 5.41) is 0. The largest absolute Gasteiger partial charge is 0.461 e. The summed E-state index contributed by atoms with van der Waals surface area (Å²) < 4.78 is 18.0. The van der Waals surface area contributed by atoms with Crippen molar-refractivity contribution in [3.05, 3.63) is 35.6 Å². The van der Waals surface area contributed by atoms with E-state index in [-0.39, 0.29) is 18.4 Å². The van der Waals surface area contributed by atoms with Gasteiger partial charge in [-0.15, -0.1) is 0 Å². The molecular formula is C21H33FO2. The molecule has 0 spiro atoms. The van der Waals surface area contributed by atoms with E-state index in [1.807, 2.05) is 0 Å². The summed E-state index contributed by atoms with van der Waals surface area (Å²) in [5.74, 6) is -0.429. The third-order valence-electron chi connectivity index (χ3n) is 4.30. The van der Waals surface area contributed by atoms with E-state index in [0.717, 1.165) is 18.4 Å². The van der Waals surface area contributed by atoms with Crippen LogP contribution in [0.4, 0.5) is 4.39 Å². The Balaban J connectivity index is 1.88. The molecule has 0 saturated heterocycles. The van der Waals surface area contributed by atoms with E-state index < -0.39 is 0 Å². The first kappa shape index (κ1) is 20.7. The number of hydrogen-bond donors (Lipinski definition) is 0. The number of rotatable bonds is 14. The van der Waals surface area contributed by atoms with Crippen LogP contribution < -0.4 is 0 Å². The van der Waals surface area contributed by atoms with E-state index in [2.05, 4.69) is 6.92 Å². The zero-order valence-electron chi connectivity index (χ0n) is 15.2. The van der Waals surface area contributed by atoms with Gasteiger partial charge in [-0.1, -0.05) is 83.3 Å². The first-order chi connectivity index (χ1) is 11.7. The summed E-state index contributed by atoms with van der Waals surface area (Å²) >= 11 is 0. The highest BCUT2D eigenvalue weighted by Crippen LogP contribution is 2.12. The topological polar surface area (TPSA) is 26.3 Å². The Morgan fingerprint density at radius 2 is 1.33 bits per heavy atom. The van der Waals surface area contributed by atoms with Gasteiger partial charge in [0.1, 0.15) is 12.4 Å². The third kappa shape index (κ3) is 11.2. The molecule has 0 fully saturated rings. The Labute approximate surface area is 146 Å². The zero-order valence-corrected chi connectivity index (χ0v) is 15.2. The summed E-state index contributed by atoms with van der Waals surface area (Å²) in [6, 6.07) is 6.05. The summed E-state index contributed by atoms with van der Waals surface area (Å²) in [6.07, 6.45) is 14.5. The predicted octanol–water partition coefficient (Wildman–Crippen LogP) is 6.57. The molecule has 1 aromatic rings. The van der Waals surface area contributed by atoms with E-state index in [4.69, 9.17) is 4.74 Å². The molecule has 0 radical (unpaired) electrons. The first-order valence-electron chi connectivity index (χ1n) is 9.62. The number of carbonyl (C=O) groups is 1. The van der Waals surface area contributed by atoms with Crippen LogP contribution in [0.5, 0.6) is 0 Å². The standard InChI is InChI=1S/C21H33FO2/c1-2-3-4-5-6-7-8-9-10-11-12-13-21(23)24-18-19-14-16-20(22)17-15-19/h14-17H,2-13,18H2,1H3. The average molecular weight is 336 g/mol. The van der Waals surface area contributed by atoms with Gasteiger partial charge < -0.3 is 4.74 Å². The third-order valence-corrected chi connectivity index (χ3v) is 4.30. The Hall–Kier alpha value is -1.38. The van der Waals surface area contributed by atoms with Gasteiger partial charge in [0.15, 0.2) is 0 Å². The van der Waals surface area contributed by atoms with Crippen LogP contribution in [0.2, 0.25) is 0 Å². The Morgan fingerprint density at radius 1 is 0.833 bits per heavy atom. The maximum atomic E-state index is 12.8. The molecule has 0 unspecified atom stereocenters. The van der Waals surface area contributed by atoms with Gasteiger partial charge in [0.05, 0.1) is 0 Å². The van der Waals surface area contributed by atoms with Crippen LogP contribution in [0.1, 0.15) is 89.5 Å². The van der Waals surface area contributed by atoms with Crippen molar-refractivity contribution in [3.8, 4) is 0 Å². The molecule has 1 aromatic carbocycles. The lowest BCUT2D eigenvalue weighted by molar-refractivity contribution is -0.145. The van der Waals surface area contributed by atoms with Crippen molar-refractivity contribution in [2.45, 2.75) is 90.6 Å². The van der Waals surface area contributed by atoms with Crippen LogP contribution in [0.25, 0.3) is 0 Å². The van der Waals surface area contributed by atoms with Gasteiger partial charge in [-0.2, -0.15) is 0 Å².